The van der Waals surface area contributed by atoms with Crippen LogP contribution in [0.5, 0.6) is 0 Å². The van der Waals surface area contributed by atoms with Crippen LogP contribution in [0.3, 0.4) is 0 Å². The van der Waals surface area contributed by atoms with Gasteiger partial charge < -0.3 is 26.3 Å². The van der Waals surface area contributed by atoms with Gasteiger partial charge >= 0.3 is 0 Å². The zero-order chi connectivity index (χ0) is 17.9. The van der Waals surface area contributed by atoms with Gasteiger partial charge in [-0.2, -0.15) is 0 Å². The molecule has 6 N–H and O–H groups in total. The number of rotatable bonds is 11. The lowest BCUT2D eigenvalue weighted by atomic mass is 10.1. The fourth-order valence-corrected chi connectivity index (χ4v) is 2.72. The molecule has 24 heavy (non-hydrogen) atoms. The highest BCUT2D eigenvalue weighted by atomic mass is 16.4. The van der Waals surface area contributed by atoms with E-state index in [4.69, 9.17) is 0 Å². The monoisotopic (exact) mass is 336 g/mol. The van der Waals surface area contributed by atoms with Crippen LogP contribution in [0.25, 0.3) is 0 Å². The number of unbranched alkanes of at least 4 members (excludes halogenated alkanes) is 3. The third-order valence-electron chi connectivity index (χ3n) is 3.87. The first-order valence-electron chi connectivity index (χ1n) is 8.64. The van der Waals surface area contributed by atoms with Gasteiger partial charge in [0.05, 0.1) is 25.5 Å². The summed E-state index contributed by atoms with van der Waals surface area (Å²) >= 11 is 0. The van der Waals surface area contributed by atoms with Crippen LogP contribution in [0.15, 0.2) is 18.2 Å². The van der Waals surface area contributed by atoms with Crippen LogP contribution in [0.1, 0.15) is 43.2 Å². The van der Waals surface area contributed by atoms with Crippen LogP contribution in [0.2, 0.25) is 0 Å². The number of carbonyl (C=O) groups excluding carboxylic acids is 2. The number of aryl methyl sites for hydroxylation is 2. The van der Waals surface area contributed by atoms with Crippen LogP contribution in [0, 0.1) is 13.8 Å². The summed E-state index contributed by atoms with van der Waals surface area (Å²) in [5, 5.41) is 15.7. The fraction of sp³-hybridized carbons (Fsp3) is 0.556. The van der Waals surface area contributed by atoms with Crippen molar-refractivity contribution in [2.45, 2.75) is 52.0 Å². The number of benzene rings is 1. The van der Waals surface area contributed by atoms with E-state index in [0.29, 0.717) is 12.2 Å². The summed E-state index contributed by atoms with van der Waals surface area (Å²) in [5.41, 5.74) is 6.59. The van der Waals surface area contributed by atoms with E-state index in [9.17, 15) is 14.7 Å². The highest BCUT2D eigenvalue weighted by molar-refractivity contribution is 5.93. The van der Waals surface area contributed by atoms with Crippen molar-refractivity contribution >= 4 is 17.6 Å². The number of nitrogens with two attached hydrogens (primary N) is 1. The molecule has 1 aromatic rings. The first kappa shape index (κ1) is 20.1. The number of amides is 1. The molecule has 6 heteroatoms. The maximum absolute atomic E-state index is 12.1. The van der Waals surface area contributed by atoms with E-state index < -0.39 is 12.0 Å². The van der Waals surface area contributed by atoms with Gasteiger partial charge in [0.25, 0.3) is 0 Å². The molecule has 0 aliphatic carbocycles. The van der Waals surface area contributed by atoms with Crippen molar-refractivity contribution in [3.63, 3.8) is 0 Å². The van der Waals surface area contributed by atoms with Gasteiger partial charge in [0.1, 0.15) is 6.04 Å². The van der Waals surface area contributed by atoms with Gasteiger partial charge in [-0.1, -0.05) is 6.07 Å². The standard InChI is InChI=1S/C18H29N3O3/c1-13-9-14(2)11-15(10-13)21-17(22)12-16(18(23)24)20-8-6-4-3-5-7-19/h9-11,16,20H,3-8,12,19H2,1-2H3,(H,21,22)(H,23,24)/p+1/t16-/m0/s1. The minimum atomic E-state index is -1.19. The average molecular weight is 336 g/mol. The number of hydrogen-bond acceptors (Lipinski definition) is 3. The van der Waals surface area contributed by atoms with Crippen LogP contribution >= 0.6 is 0 Å². The molecule has 0 heterocycles. The Morgan fingerprint density at radius 3 is 2.33 bits per heavy atom. The Morgan fingerprint density at radius 2 is 1.75 bits per heavy atom. The van der Waals surface area contributed by atoms with Crippen molar-refractivity contribution in [1.29, 1.82) is 0 Å². The molecule has 0 saturated carbocycles. The Balaban J connectivity index is 2.43. The molecule has 6 nitrogen and oxygen atoms in total. The highest BCUT2D eigenvalue weighted by Gasteiger charge is 2.18. The predicted octanol–water partition coefficient (Wildman–Crippen LogP) is -0.884. The summed E-state index contributed by atoms with van der Waals surface area (Å²) < 4.78 is 0. The lowest BCUT2D eigenvalue weighted by molar-refractivity contribution is -0.682. The van der Waals surface area contributed by atoms with E-state index in [-0.39, 0.29) is 12.3 Å². The number of aliphatic carboxylic acids is 1. The van der Waals surface area contributed by atoms with Crippen LogP contribution < -0.4 is 21.5 Å². The zero-order valence-electron chi connectivity index (χ0n) is 14.8. The first-order chi connectivity index (χ1) is 11.4. The Morgan fingerprint density at radius 1 is 1.12 bits per heavy atom. The molecule has 1 atom stereocenters. The molecule has 134 valence electrons. The smallest absolute Gasteiger partial charge is 0.230 e. The van der Waals surface area contributed by atoms with Gasteiger partial charge in [0, 0.05) is 5.69 Å². The zero-order valence-corrected chi connectivity index (χ0v) is 14.8. The number of hydrogen-bond donors (Lipinski definition) is 3. The van der Waals surface area contributed by atoms with Gasteiger partial charge in [-0.25, -0.2) is 0 Å². The Kier molecular flexibility index (Phi) is 9.04. The molecule has 1 rings (SSSR count). The number of carboxylic acid groups (broad SMARTS) is 1. The Bertz CT molecular complexity index is 526. The Labute approximate surface area is 143 Å². The van der Waals surface area contributed by atoms with E-state index in [1.165, 1.54) is 0 Å². The topological polar surface area (TPSA) is 113 Å². The maximum Gasteiger partial charge on any atom is 0.230 e. The molecule has 0 radical (unpaired) electrons. The summed E-state index contributed by atoms with van der Waals surface area (Å²) in [6.45, 7) is 5.53. The molecule has 0 saturated heterocycles. The van der Waals surface area contributed by atoms with Gasteiger partial charge in [-0.05, 0) is 62.8 Å². The second-order valence-electron chi connectivity index (χ2n) is 6.35. The van der Waals surface area contributed by atoms with E-state index in [0.717, 1.165) is 43.4 Å². The molecule has 0 aromatic heterocycles. The van der Waals surface area contributed by atoms with Crippen molar-refractivity contribution in [1.82, 2.24) is 0 Å². The summed E-state index contributed by atoms with van der Waals surface area (Å²) in [6.07, 6.45) is 4.11. The van der Waals surface area contributed by atoms with Gasteiger partial charge in [-0.3, -0.25) is 4.79 Å². The van der Waals surface area contributed by atoms with Crippen LogP contribution in [-0.4, -0.2) is 31.0 Å². The van der Waals surface area contributed by atoms with Gasteiger partial charge in [0.15, 0.2) is 0 Å². The number of carbonyl (C=O) groups is 2. The predicted molar refractivity (Wildman–Crippen MR) is 91.0 cm³/mol. The molecule has 1 amide bonds. The lowest BCUT2D eigenvalue weighted by Crippen LogP contribution is -2.93. The second-order valence-corrected chi connectivity index (χ2v) is 6.35. The molecule has 0 fully saturated rings. The molecule has 0 bridgehead atoms. The molecule has 1 aromatic carbocycles. The summed E-state index contributed by atoms with van der Waals surface area (Å²) in [7, 11) is 0. The average Bonchev–Trinajstić information content (AvgIpc) is 2.48. The van der Waals surface area contributed by atoms with E-state index in [2.05, 4.69) is 11.1 Å². The van der Waals surface area contributed by atoms with Crippen molar-refractivity contribution in [3.05, 3.63) is 29.3 Å². The van der Waals surface area contributed by atoms with E-state index >= 15 is 0 Å². The van der Waals surface area contributed by atoms with Crippen LogP contribution in [0.4, 0.5) is 5.69 Å². The second kappa shape index (κ2) is 10.8. The maximum atomic E-state index is 12.1. The summed E-state index contributed by atoms with van der Waals surface area (Å²) in [5.74, 6) is -1.49. The van der Waals surface area contributed by atoms with Gasteiger partial charge in [0.2, 0.25) is 5.91 Å². The summed E-state index contributed by atoms with van der Waals surface area (Å²) in [4.78, 5) is 23.3. The number of anilines is 1. The molecule has 0 aliphatic heterocycles. The normalized spacial score (nSPS) is 12.0. The van der Waals surface area contributed by atoms with Crippen molar-refractivity contribution in [2.75, 3.05) is 18.4 Å². The number of carboxylic acids is 1. The molecular weight excluding hydrogens is 306 g/mol. The largest absolute Gasteiger partial charge is 0.544 e. The number of nitrogens with one attached hydrogen (secondary N) is 1. The van der Waals surface area contributed by atoms with Crippen molar-refractivity contribution in [3.8, 4) is 0 Å². The van der Waals surface area contributed by atoms with E-state index in [1.807, 2.05) is 32.0 Å². The van der Waals surface area contributed by atoms with Crippen LogP contribution in [-0.2, 0) is 9.59 Å². The fourth-order valence-electron chi connectivity index (χ4n) is 2.72. The minimum absolute atomic E-state index is 0.0891. The SMILES string of the molecule is Cc1cc(C)cc(NC(=O)C[C@H]([NH2+]CCCCCC[NH3+])C(=O)[O-])c1. The molecular formula is C18H30N3O3+. The third-order valence-corrected chi connectivity index (χ3v) is 3.87. The lowest BCUT2D eigenvalue weighted by Gasteiger charge is -2.16. The third kappa shape index (κ3) is 8.08. The minimum Gasteiger partial charge on any atom is -0.544 e. The quantitative estimate of drug-likeness (QED) is 0.456. The summed E-state index contributed by atoms with van der Waals surface area (Å²) in [6, 6.07) is 4.90. The molecule has 0 unspecified atom stereocenters. The first-order valence-corrected chi connectivity index (χ1v) is 8.64. The number of quaternary nitrogens is 2. The van der Waals surface area contributed by atoms with E-state index in [1.54, 1.807) is 5.32 Å². The van der Waals surface area contributed by atoms with Crippen molar-refractivity contribution in [2.24, 2.45) is 0 Å². The molecule has 0 aliphatic rings. The Hall–Kier alpha value is -1.92. The molecule has 0 spiro atoms. The van der Waals surface area contributed by atoms with Gasteiger partial charge in [-0.15, -0.1) is 0 Å². The highest BCUT2D eigenvalue weighted by Crippen LogP contribution is 2.14. The van der Waals surface area contributed by atoms with Crippen molar-refractivity contribution < 1.29 is 25.7 Å².